The number of rotatable bonds is 10. The standard InChI is InChI=1S/C36H38Cl4N4O3/c37-29-3-1-2-23(34(29)40)19-44(26-8-9-26)36(46)33-28(16-24-17-41-18-32(33)42-24)22-4-6-25(7-5-22)43-12-10-27(20-43)47-35-30(38)14-21(11-13-45)15-31(35)39/h1-7,14-15,24,26-27,32,41-42,45H,8-13,16-20H2/t24-,27+,32-/m1/s1. The first-order chi connectivity index (χ1) is 22.8. The highest BCUT2D eigenvalue weighted by atomic mass is 35.5. The molecule has 3 N–H and O–H groups in total. The molecule has 11 heteroatoms. The first kappa shape index (κ1) is 33.0. The summed E-state index contributed by atoms with van der Waals surface area (Å²) in [6, 6.07) is 18.3. The van der Waals surface area contributed by atoms with Crippen molar-refractivity contribution >= 4 is 63.6 Å². The zero-order chi connectivity index (χ0) is 32.7. The first-order valence-electron chi connectivity index (χ1n) is 16.3. The van der Waals surface area contributed by atoms with Crippen LogP contribution < -0.4 is 20.3 Å². The Kier molecular flexibility index (Phi) is 9.95. The van der Waals surface area contributed by atoms with E-state index in [4.69, 9.17) is 51.1 Å². The Morgan fingerprint density at radius 1 is 0.979 bits per heavy atom. The third-order valence-electron chi connectivity index (χ3n) is 9.62. The Balaban J connectivity index is 1.11. The highest BCUT2D eigenvalue weighted by molar-refractivity contribution is 6.42. The zero-order valence-corrected chi connectivity index (χ0v) is 29.0. The minimum Gasteiger partial charge on any atom is -0.485 e. The number of hydrogen-bond donors (Lipinski definition) is 3. The predicted molar refractivity (Wildman–Crippen MR) is 190 cm³/mol. The predicted octanol–water partition coefficient (Wildman–Crippen LogP) is 6.77. The van der Waals surface area contributed by atoms with E-state index in [1.54, 1.807) is 18.2 Å². The van der Waals surface area contributed by atoms with E-state index in [0.29, 0.717) is 51.9 Å². The van der Waals surface area contributed by atoms with Crippen molar-refractivity contribution in [2.24, 2.45) is 0 Å². The summed E-state index contributed by atoms with van der Waals surface area (Å²) in [5.74, 6) is 0.564. The lowest BCUT2D eigenvalue weighted by molar-refractivity contribution is -0.128. The molecule has 3 aliphatic heterocycles. The monoisotopic (exact) mass is 714 g/mol. The van der Waals surface area contributed by atoms with E-state index >= 15 is 0 Å². The van der Waals surface area contributed by atoms with Crippen molar-refractivity contribution in [2.45, 2.75) is 62.9 Å². The Morgan fingerprint density at radius 2 is 1.74 bits per heavy atom. The second-order valence-corrected chi connectivity index (χ2v) is 14.5. The van der Waals surface area contributed by atoms with E-state index in [1.807, 2.05) is 17.0 Å². The van der Waals surface area contributed by atoms with Crippen molar-refractivity contribution in [3.8, 4) is 5.75 Å². The van der Waals surface area contributed by atoms with Gasteiger partial charge >= 0.3 is 0 Å². The number of aliphatic hydroxyl groups is 1. The maximum atomic E-state index is 14.5. The molecule has 1 amide bonds. The third-order valence-corrected chi connectivity index (χ3v) is 11.0. The lowest BCUT2D eigenvalue weighted by atomic mass is 9.83. The van der Waals surface area contributed by atoms with Crippen molar-refractivity contribution in [1.82, 2.24) is 15.5 Å². The van der Waals surface area contributed by atoms with Crippen molar-refractivity contribution in [3.05, 3.63) is 97.0 Å². The number of aliphatic hydroxyl groups excluding tert-OH is 1. The fourth-order valence-corrected chi connectivity index (χ4v) is 8.10. The van der Waals surface area contributed by atoms with Crippen LogP contribution in [0.5, 0.6) is 5.75 Å². The summed E-state index contributed by atoms with van der Waals surface area (Å²) in [5, 5.41) is 18.4. The fourth-order valence-electron chi connectivity index (χ4n) is 7.10. The summed E-state index contributed by atoms with van der Waals surface area (Å²) >= 11 is 25.9. The van der Waals surface area contributed by atoms with E-state index in [0.717, 1.165) is 72.3 Å². The molecular weight excluding hydrogens is 678 g/mol. The zero-order valence-electron chi connectivity index (χ0n) is 26.0. The highest BCUT2D eigenvalue weighted by Crippen LogP contribution is 2.39. The van der Waals surface area contributed by atoms with Crippen LogP contribution in [0.2, 0.25) is 20.1 Å². The highest BCUT2D eigenvalue weighted by Gasteiger charge is 2.41. The maximum Gasteiger partial charge on any atom is 0.252 e. The van der Waals surface area contributed by atoms with E-state index in [1.165, 1.54) is 0 Å². The van der Waals surface area contributed by atoms with Gasteiger partial charge in [0.25, 0.3) is 5.91 Å². The number of halogens is 4. The topological polar surface area (TPSA) is 77.1 Å². The summed E-state index contributed by atoms with van der Waals surface area (Å²) in [6.07, 6.45) is 4.04. The molecule has 3 heterocycles. The number of anilines is 1. The summed E-state index contributed by atoms with van der Waals surface area (Å²) in [5.41, 5.74) is 5.90. The Labute approximate surface area is 295 Å². The van der Waals surface area contributed by atoms with Crippen LogP contribution in [0.4, 0.5) is 5.69 Å². The van der Waals surface area contributed by atoms with Crippen LogP contribution in [-0.2, 0) is 17.8 Å². The van der Waals surface area contributed by atoms with Crippen molar-refractivity contribution < 1.29 is 14.6 Å². The molecule has 2 bridgehead atoms. The van der Waals surface area contributed by atoms with Crippen LogP contribution in [-0.4, -0.2) is 72.9 Å². The van der Waals surface area contributed by atoms with E-state index in [2.05, 4.69) is 39.8 Å². The molecule has 47 heavy (non-hydrogen) atoms. The molecule has 248 valence electrons. The molecular formula is C36H38Cl4N4O3. The van der Waals surface area contributed by atoms with E-state index in [-0.39, 0.29) is 36.7 Å². The molecule has 0 aromatic heterocycles. The molecule has 3 aromatic rings. The molecule has 1 saturated carbocycles. The second-order valence-electron chi connectivity index (χ2n) is 12.9. The molecule has 0 radical (unpaired) electrons. The van der Waals surface area contributed by atoms with Gasteiger partial charge in [-0.1, -0.05) is 70.7 Å². The Hall–Kier alpha value is -2.49. The SMILES string of the molecule is O=C(C1=C(c2ccc(N3CC[C@H](Oc4c(Cl)cc(CCO)cc4Cl)C3)cc2)C[C@@H]2CNC[C@H]1N2)N(Cc1cccc(Cl)c1Cl)C1CC1. The van der Waals surface area contributed by atoms with Crippen LogP contribution in [0, 0.1) is 0 Å². The molecule has 7 nitrogen and oxygen atoms in total. The van der Waals surface area contributed by atoms with Gasteiger partial charge in [0.1, 0.15) is 6.10 Å². The lowest BCUT2D eigenvalue weighted by Gasteiger charge is -2.41. The molecule has 1 aliphatic carbocycles. The summed E-state index contributed by atoms with van der Waals surface area (Å²) in [4.78, 5) is 18.8. The molecule has 3 atom stereocenters. The number of nitrogens with one attached hydrogen (secondary N) is 2. The van der Waals surface area contributed by atoms with Crippen molar-refractivity contribution in [2.75, 3.05) is 37.7 Å². The quantitative estimate of drug-likeness (QED) is 0.215. The van der Waals surface area contributed by atoms with Crippen molar-refractivity contribution in [3.63, 3.8) is 0 Å². The lowest BCUT2D eigenvalue weighted by Crippen LogP contribution is -2.60. The average molecular weight is 717 g/mol. The second kappa shape index (κ2) is 14.2. The van der Waals surface area contributed by atoms with Gasteiger partial charge in [-0.2, -0.15) is 0 Å². The minimum absolute atomic E-state index is 0.0333. The number of piperazine rings is 1. The van der Waals surface area contributed by atoms with Crippen LogP contribution in [0.15, 0.2) is 60.2 Å². The fraction of sp³-hybridized carbons (Fsp3) is 0.417. The van der Waals surface area contributed by atoms with Crippen LogP contribution >= 0.6 is 46.4 Å². The Bertz CT molecular complexity index is 1660. The first-order valence-corrected chi connectivity index (χ1v) is 17.8. The van der Waals surface area contributed by atoms with E-state index < -0.39 is 0 Å². The average Bonchev–Trinajstić information content (AvgIpc) is 3.80. The van der Waals surface area contributed by atoms with Crippen molar-refractivity contribution in [1.29, 1.82) is 0 Å². The van der Waals surface area contributed by atoms with Gasteiger partial charge in [0.2, 0.25) is 0 Å². The van der Waals surface area contributed by atoms with Gasteiger partial charge in [0.05, 0.1) is 32.7 Å². The van der Waals surface area contributed by atoms with Gasteiger partial charge < -0.3 is 30.3 Å². The van der Waals surface area contributed by atoms with Gasteiger partial charge in [-0.05, 0) is 78.3 Å². The number of ether oxygens (including phenoxy) is 1. The van der Waals surface area contributed by atoms with Crippen LogP contribution in [0.25, 0.3) is 5.57 Å². The molecule has 3 fully saturated rings. The van der Waals surface area contributed by atoms with Crippen LogP contribution in [0.1, 0.15) is 42.4 Å². The number of carbonyl (C=O) groups is 1. The number of hydrogen-bond acceptors (Lipinski definition) is 6. The van der Waals surface area contributed by atoms with Gasteiger partial charge in [-0.3, -0.25) is 4.79 Å². The molecule has 3 aromatic carbocycles. The smallest absolute Gasteiger partial charge is 0.252 e. The van der Waals surface area contributed by atoms with Gasteiger partial charge in [0.15, 0.2) is 5.75 Å². The Morgan fingerprint density at radius 3 is 2.47 bits per heavy atom. The van der Waals surface area contributed by atoms with Gasteiger partial charge in [-0.25, -0.2) is 0 Å². The molecule has 2 saturated heterocycles. The summed E-state index contributed by atoms with van der Waals surface area (Å²) < 4.78 is 6.28. The number of carbonyl (C=O) groups excluding carboxylic acids is 1. The number of amides is 1. The summed E-state index contributed by atoms with van der Waals surface area (Å²) in [7, 11) is 0. The summed E-state index contributed by atoms with van der Waals surface area (Å²) in [6.45, 7) is 3.60. The molecule has 7 rings (SSSR count). The normalized spacial score (nSPS) is 22.5. The minimum atomic E-state index is -0.0615. The largest absolute Gasteiger partial charge is 0.485 e. The maximum absolute atomic E-state index is 14.5. The number of fused-ring (bicyclic) bond motifs is 2. The number of nitrogens with zero attached hydrogens (tertiary/aromatic N) is 2. The van der Waals surface area contributed by atoms with Gasteiger partial charge in [-0.15, -0.1) is 0 Å². The van der Waals surface area contributed by atoms with Gasteiger partial charge in [0, 0.05) is 62.6 Å². The number of benzene rings is 3. The third kappa shape index (κ3) is 7.13. The molecule has 0 spiro atoms. The van der Waals surface area contributed by atoms with E-state index in [9.17, 15) is 9.90 Å². The molecule has 4 aliphatic rings. The molecule has 0 unspecified atom stereocenters. The van der Waals surface area contributed by atoms with Crippen LogP contribution in [0.3, 0.4) is 0 Å².